The normalized spacial score (nSPS) is 12.1. The van der Waals surface area contributed by atoms with Crippen molar-refractivity contribution in [2.24, 2.45) is 0 Å². The molecule has 136 valence electrons. The van der Waals surface area contributed by atoms with Gasteiger partial charge in [-0.05, 0) is 19.1 Å². The molecular weight excluding hydrogens is 368 g/mol. The average Bonchev–Trinajstić information content (AvgIpc) is 3.39. The van der Waals surface area contributed by atoms with Gasteiger partial charge in [0.1, 0.15) is 16.1 Å². The van der Waals surface area contributed by atoms with Crippen LogP contribution in [0.2, 0.25) is 0 Å². The lowest BCUT2D eigenvalue weighted by atomic mass is 10.1. The molecule has 0 bridgehead atoms. The third-order valence-corrected chi connectivity index (χ3v) is 5.56. The molecule has 0 atom stereocenters. The summed E-state index contributed by atoms with van der Waals surface area (Å²) in [5, 5.41) is 0. The summed E-state index contributed by atoms with van der Waals surface area (Å²) in [7, 11) is 0. The van der Waals surface area contributed by atoms with Gasteiger partial charge >= 0.3 is 0 Å². The van der Waals surface area contributed by atoms with Crippen LogP contribution < -0.4 is 10.1 Å². The number of furan rings is 1. The van der Waals surface area contributed by atoms with Gasteiger partial charge in [-0.25, -0.2) is 9.38 Å². The first kappa shape index (κ1) is 16.7. The monoisotopic (exact) mass is 384 g/mol. The quantitative estimate of drug-likeness (QED) is 0.459. The van der Waals surface area contributed by atoms with Gasteiger partial charge in [0.15, 0.2) is 4.96 Å². The number of aromatic nitrogens is 2. The van der Waals surface area contributed by atoms with Gasteiger partial charge in [-0.2, -0.15) is 0 Å². The summed E-state index contributed by atoms with van der Waals surface area (Å²) in [5.74, 6) is 1.49. The summed E-state index contributed by atoms with van der Waals surface area (Å²) in [6.07, 6.45) is 1.78. The number of benzene rings is 2. The first-order valence-electron chi connectivity index (χ1n) is 8.95. The van der Waals surface area contributed by atoms with Gasteiger partial charge in [-0.15, -0.1) is 0 Å². The van der Waals surface area contributed by atoms with Gasteiger partial charge in [-0.1, -0.05) is 72.0 Å². The lowest BCUT2D eigenvalue weighted by Crippen LogP contribution is -2.23. The van der Waals surface area contributed by atoms with Crippen LogP contribution in [0.1, 0.15) is 11.5 Å². The van der Waals surface area contributed by atoms with Gasteiger partial charge in [-0.3, -0.25) is 4.79 Å². The minimum absolute atomic E-state index is 0.0809. The molecule has 0 saturated carbocycles. The first-order valence-corrected chi connectivity index (χ1v) is 9.76. The van der Waals surface area contributed by atoms with E-state index in [0.717, 1.165) is 28.3 Å². The Labute approximate surface area is 165 Å². The molecule has 0 radical (unpaired) electrons. The standard InChI is InChI=1S/C23H16N2O2S/c1-15-12-13-18(27-15)14-19-22(26)25-21(17-10-6-3-7-11-17)20(24-23(25)28-19)16-8-4-2-5-9-16/h2-14H,1H3/b19-14+. The Morgan fingerprint density at radius 3 is 2.25 bits per heavy atom. The van der Waals surface area contributed by atoms with E-state index in [4.69, 9.17) is 9.40 Å². The number of rotatable bonds is 3. The van der Waals surface area contributed by atoms with E-state index in [-0.39, 0.29) is 5.56 Å². The Kier molecular flexibility index (Phi) is 3.95. The number of hydrogen-bond acceptors (Lipinski definition) is 4. The van der Waals surface area contributed by atoms with Crippen molar-refractivity contribution < 1.29 is 4.42 Å². The predicted octanol–water partition coefficient (Wildman–Crippen LogP) is 4.54. The molecule has 0 aliphatic heterocycles. The first-order chi connectivity index (χ1) is 13.7. The molecule has 5 heteroatoms. The highest BCUT2D eigenvalue weighted by Gasteiger charge is 2.19. The third-order valence-electron chi connectivity index (χ3n) is 4.59. The fourth-order valence-electron chi connectivity index (χ4n) is 3.32. The molecule has 2 aromatic carbocycles. The zero-order valence-corrected chi connectivity index (χ0v) is 15.9. The maximum atomic E-state index is 13.2. The summed E-state index contributed by atoms with van der Waals surface area (Å²) in [6, 6.07) is 23.6. The summed E-state index contributed by atoms with van der Waals surface area (Å²) in [5.41, 5.74) is 3.50. The van der Waals surface area contributed by atoms with Crippen molar-refractivity contribution in [1.82, 2.24) is 9.38 Å². The van der Waals surface area contributed by atoms with Gasteiger partial charge < -0.3 is 4.42 Å². The summed E-state index contributed by atoms with van der Waals surface area (Å²) in [6.45, 7) is 1.89. The molecule has 5 aromatic rings. The van der Waals surface area contributed by atoms with Crippen molar-refractivity contribution in [3.63, 3.8) is 0 Å². The van der Waals surface area contributed by atoms with Gasteiger partial charge in [0.2, 0.25) is 0 Å². The minimum atomic E-state index is -0.0809. The van der Waals surface area contributed by atoms with Gasteiger partial charge in [0, 0.05) is 17.2 Å². The molecule has 5 rings (SSSR count). The Morgan fingerprint density at radius 2 is 1.61 bits per heavy atom. The largest absolute Gasteiger partial charge is 0.462 e. The van der Waals surface area contributed by atoms with E-state index >= 15 is 0 Å². The van der Waals surface area contributed by atoms with Crippen molar-refractivity contribution in [1.29, 1.82) is 0 Å². The van der Waals surface area contributed by atoms with Crippen LogP contribution in [0, 0.1) is 6.92 Å². The topological polar surface area (TPSA) is 47.5 Å². The van der Waals surface area contributed by atoms with Gasteiger partial charge in [0.05, 0.1) is 11.4 Å². The highest BCUT2D eigenvalue weighted by Crippen LogP contribution is 2.32. The van der Waals surface area contributed by atoms with E-state index in [2.05, 4.69) is 0 Å². The zero-order chi connectivity index (χ0) is 19.1. The van der Waals surface area contributed by atoms with Crippen molar-refractivity contribution in [2.45, 2.75) is 6.92 Å². The second kappa shape index (κ2) is 6.62. The van der Waals surface area contributed by atoms with Crippen LogP contribution in [0.4, 0.5) is 0 Å². The fourth-order valence-corrected chi connectivity index (χ4v) is 4.27. The van der Waals surface area contributed by atoms with Crippen LogP contribution >= 0.6 is 11.3 Å². The lowest BCUT2D eigenvalue weighted by Gasteiger charge is -2.04. The second-order valence-electron chi connectivity index (χ2n) is 6.52. The highest BCUT2D eigenvalue weighted by molar-refractivity contribution is 7.15. The van der Waals surface area contributed by atoms with Crippen molar-refractivity contribution in [3.05, 3.63) is 99.2 Å². The van der Waals surface area contributed by atoms with Crippen LogP contribution in [0.5, 0.6) is 0 Å². The molecule has 0 N–H and O–H groups in total. The molecule has 0 aliphatic carbocycles. The smallest absolute Gasteiger partial charge is 0.275 e. The molecule has 0 saturated heterocycles. The number of thiazole rings is 1. The molecule has 28 heavy (non-hydrogen) atoms. The Morgan fingerprint density at radius 1 is 0.929 bits per heavy atom. The van der Waals surface area contributed by atoms with Crippen molar-refractivity contribution in [2.75, 3.05) is 0 Å². The Bertz CT molecular complexity index is 1380. The number of fused-ring (bicyclic) bond motifs is 1. The van der Waals surface area contributed by atoms with Crippen molar-refractivity contribution >= 4 is 22.4 Å². The van der Waals surface area contributed by atoms with E-state index in [1.54, 1.807) is 10.5 Å². The number of nitrogens with zero attached hydrogens (tertiary/aromatic N) is 2. The average molecular weight is 384 g/mol. The van der Waals surface area contributed by atoms with Crippen LogP contribution in [-0.2, 0) is 0 Å². The van der Waals surface area contributed by atoms with E-state index in [1.165, 1.54) is 11.3 Å². The van der Waals surface area contributed by atoms with Crippen LogP contribution in [0.3, 0.4) is 0 Å². The molecule has 0 aliphatic rings. The number of imidazole rings is 1. The van der Waals surface area contributed by atoms with Crippen molar-refractivity contribution in [3.8, 4) is 22.5 Å². The SMILES string of the molecule is Cc1ccc(/C=c2/sc3nc(-c4ccccc4)c(-c4ccccc4)n3c2=O)o1. The molecule has 0 unspecified atom stereocenters. The highest BCUT2D eigenvalue weighted by atomic mass is 32.1. The zero-order valence-electron chi connectivity index (χ0n) is 15.1. The summed E-state index contributed by atoms with van der Waals surface area (Å²) in [4.78, 5) is 18.7. The molecule has 0 spiro atoms. The number of aryl methyl sites for hydroxylation is 1. The lowest BCUT2D eigenvalue weighted by molar-refractivity contribution is 0.525. The fraction of sp³-hybridized carbons (Fsp3) is 0.0435. The van der Waals surface area contributed by atoms with E-state index in [1.807, 2.05) is 79.7 Å². The maximum absolute atomic E-state index is 13.2. The molecular formula is C23H16N2O2S. The molecule has 4 nitrogen and oxygen atoms in total. The van der Waals surface area contributed by atoms with E-state index in [9.17, 15) is 4.79 Å². The maximum Gasteiger partial charge on any atom is 0.275 e. The molecule has 0 amide bonds. The minimum Gasteiger partial charge on any atom is -0.462 e. The molecule has 3 heterocycles. The Balaban J connectivity index is 1.82. The summed E-state index contributed by atoms with van der Waals surface area (Å²) >= 11 is 1.38. The third kappa shape index (κ3) is 2.77. The molecule has 3 aromatic heterocycles. The van der Waals surface area contributed by atoms with Crippen LogP contribution in [0.15, 0.2) is 82.0 Å². The molecule has 0 fully saturated rings. The summed E-state index contributed by atoms with van der Waals surface area (Å²) < 4.78 is 7.92. The van der Waals surface area contributed by atoms with Crippen LogP contribution in [0.25, 0.3) is 33.6 Å². The van der Waals surface area contributed by atoms with E-state index < -0.39 is 0 Å². The van der Waals surface area contributed by atoms with E-state index in [0.29, 0.717) is 15.3 Å². The predicted molar refractivity (Wildman–Crippen MR) is 112 cm³/mol. The van der Waals surface area contributed by atoms with Gasteiger partial charge in [0.25, 0.3) is 5.56 Å². The Hall–Kier alpha value is -3.44. The van der Waals surface area contributed by atoms with Crippen LogP contribution in [-0.4, -0.2) is 9.38 Å². The second-order valence-corrected chi connectivity index (χ2v) is 7.53. The number of hydrogen-bond donors (Lipinski definition) is 0.